The maximum atomic E-state index is 11.4. The van der Waals surface area contributed by atoms with Crippen molar-refractivity contribution >= 4 is 23.9 Å². The van der Waals surface area contributed by atoms with Gasteiger partial charge in [0.1, 0.15) is 18.6 Å². The minimum atomic E-state index is -0.473. The van der Waals surface area contributed by atoms with Gasteiger partial charge in [0.15, 0.2) is 0 Å². The van der Waals surface area contributed by atoms with E-state index in [-0.39, 0.29) is 11.8 Å². The lowest BCUT2D eigenvalue weighted by atomic mass is 10.1. The van der Waals surface area contributed by atoms with Crippen LogP contribution in [-0.4, -0.2) is 27.6 Å². The highest BCUT2D eigenvalue weighted by Crippen LogP contribution is 2.18. The largest absolute Gasteiger partial charge is 0.489 e. The van der Waals surface area contributed by atoms with Crippen molar-refractivity contribution in [3.63, 3.8) is 0 Å². The molecule has 0 aliphatic rings. The van der Waals surface area contributed by atoms with Gasteiger partial charge in [-0.25, -0.2) is 14.3 Å². The number of rotatable bonds is 7. The van der Waals surface area contributed by atoms with Crippen LogP contribution in [0.3, 0.4) is 0 Å². The number of methoxy groups -OCH3 is 1. The first kappa shape index (κ1) is 19.8. The normalized spacial score (nSPS) is 10.8. The van der Waals surface area contributed by atoms with Crippen LogP contribution in [0.2, 0.25) is 0 Å². The van der Waals surface area contributed by atoms with E-state index in [4.69, 9.17) is 4.74 Å². The minimum Gasteiger partial charge on any atom is -0.489 e. The third-order valence-corrected chi connectivity index (χ3v) is 4.27. The molecule has 0 N–H and O–H groups in total. The van der Waals surface area contributed by atoms with Crippen LogP contribution in [0.4, 0.5) is 5.82 Å². The van der Waals surface area contributed by atoms with E-state index in [2.05, 4.69) is 9.72 Å². The highest BCUT2D eigenvalue weighted by Gasteiger charge is 2.13. The maximum absolute atomic E-state index is 11.4. The van der Waals surface area contributed by atoms with Gasteiger partial charge in [0.25, 0.3) is 0 Å². The van der Waals surface area contributed by atoms with Crippen molar-refractivity contribution in [3.05, 3.63) is 87.4 Å². The van der Waals surface area contributed by atoms with Gasteiger partial charge in [0.05, 0.1) is 19.7 Å². The summed E-state index contributed by atoms with van der Waals surface area (Å²) in [7, 11) is 2.94. The van der Waals surface area contributed by atoms with Gasteiger partial charge in [0, 0.05) is 6.08 Å². The van der Waals surface area contributed by atoms with Crippen LogP contribution < -0.4 is 4.74 Å². The Morgan fingerprint density at radius 2 is 1.83 bits per heavy atom. The van der Waals surface area contributed by atoms with Crippen molar-refractivity contribution in [3.8, 4) is 5.75 Å². The van der Waals surface area contributed by atoms with Gasteiger partial charge in [0.2, 0.25) is 5.82 Å². The Kier molecular flexibility index (Phi) is 6.03. The average Bonchev–Trinajstić information content (AvgIpc) is 3.12. The molecule has 1 heterocycles. The van der Waals surface area contributed by atoms with Gasteiger partial charge in [-0.1, -0.05) is 24.3 Å². The van der Waals surface area contributed by atoms with Gasteiger partial charge < -0.3 is 19.6 Å². The van der Waals surface area contributed by atoms with E-state index in [1.807, 2.05) is 42.5 Å². The van der Waals surface area contributed by atoms with E-state index >= 15 is 0 Å². The van der Waals surface area contributed by atoms with Crippen LogP contribution in [0.1, 0.15) is 27.3 Å². The fraction of sp³-hybridized carbons (Fsp3) is 0.143. The number of imidazole rings is 1. The van der Waals surface area contributed by atoms with Crippen molar-refractivity contribution in [1.82, 2.24) is 9.55 Å². The van der Waals surface area contributed by atoms with Crippen LogP contribution in [0.5, 0.6) is 5.75 Å². The van der Waals surface area contributed by atoms with Crippen molar-refractivity contribution in [2.24, 2.45) is 7.05 Å². The quantitative estimate of drug-likeness (QED) is 0.343. The molecule has 0 saturated carbocycles. The summed E-state index contributed by atoms with van der Waals surface area (Å²) in [5.74, 6) is 0.758. The zero-order valence-electron chi connectivity index (χ0n) is 15.9. The summed E-state index contributed by atoms with van der Waals surface area (Å²) in [6, 6.07) is 14.4. The Labute approximate surface area is 167 Å². The Bertz CT molecular complexity index is 1040. The van der Waals surface area contributed by atoms with E-state index in [0.717, 1.165) is 11.1 Å². The smallest absolute Gasteiger partial charge is 0.342 e. The topological polar surface area (TPSA) is 96.5 Å². The summed E-state index contributed by atoms with van der Waals surface area (Å²) in [5.41, 5.74) is 2.33. The molecule has 8 nitrogen and oxygen atoms in total. The molecule has 8 heteroatoms. The van der Waals surface area contributed by atoms with E-state index in [0.29, 0.717) is 23.7 Å². The van der Waals surface area contributed by atoms with Crippen LogP contribution >= 0.6 is 0 Å². The second-order valence-electron chi connectivity index (χ2n) is 6.17. The molecule has 3 rings (SSSR count). The standard InChI is InChI=1S/C21H19N3O5/c1-23-19(22-13-20(23)24(26)27)12-7-15-5-10-18(11-6-15)29-14-16-3-8-17(9-4-16)21(25)28-2/h3-13H,14H2,1-2H3/b12-7+. The van der Waals surface area contributed by atoms with Gasteiger partial charge in [-0.3, -0.25) is 0 Å². The van der Waals surface area contributed by atoms with E-state index in [1.54, 1.807) is 25.3 Å². The number of aromatic nitrogens is 2. The number of carbonyl (C=O) groups is 1. The summed E-state index contributed by atoms with van der Waals surface area (Å²) in [5, 5.41) is 10.9. The molecule has 0 fully saturated rings. The fourth-order valence-corrected chi connectivity index (χ4v) is 2.61. The molecule has 0 aliphatic heterocycles. The molecule has 0 atom stereocenters. The van der Waals surface area contributed by atoms with Crippen molar-refractivity contribution in [1.29, 1.82) is 0 Å². The highest BCUT2D eigenvalue weighted by atomic mass is 16.6. The third kappa shape index (κ3) is 4.86. The Balaban J connectivity index is 1.59. The van der Waals surface area contributed by atoms with Gasteiger partial charge in [-0.2, -0.15) is 0 Å². The molecule has 29 heavy (non-hydrogen) atoms. The van der Waals surface area contributed by atoms with Crippen LogP contribution in [0, 0.1) is 10.1 Å². The summed E-state index contributed by atoms with van der Waals surface area (Å²) in [6.07, 6.45) is 4.77. The molecule has 1 aromatic heterocycles. The molecule has 0 unspecified atom stereocenters. The Morgan fingerprint density at radius 1 is 1.14 bits per heavy atom. The molecule has 2 aromatic carbocycles. The molecular formula is C21H19N3O5. The Hall–Kier alpha value is -3.94. The van der Waals surface area contributed by atoms with Crippen LogP contribution in [0.15, 0.2) is 54.7 Å². The average molecular weight is 393 g/mol. The number of benzene rings is 2. The van der Waals surface area contributed by atoms with E-state index < -0.39 is 4.92 Å². The molecule has 0 spiro atoms. The molecular weight excluding hydrogens is 374 g/mol. The number of hydrogen-bond acceptors (Lipinski definition) is 6. The Morgan fingerprint density at radius 3 is 2.41 bits per heavy atom. The lowest BCUT2D eigenvalue weighted by Crippen LogP contribution is -2.01. The molecule has 0 saturated heterocycles. The second-order valence-corrected chi connectivity index (χ2v) is 6.17. The molecule has 0 radical (unpaired) electrons. The lowest BCUT2D eigenvalue weighted by Gasteiger charge is -2.07. The number of nitro groups is 1. The van der Waals surface area contributed by atoms with Crippen LogP contribution in [0.25, 0.3) is 12.2 Å². The van der Waals surface area contributed by atoms with Gasteiger partial charge in [-0.05, 0) is 46.4 Å². The van der Waals surface area contributed by atoms with Crippen molar-refractivity contribution in [2.75, 3.05) is 7.11 Å². The zero-order valence-corrected chi connectivity index (χ0v) is 15.9. The zero-order chi connectivity index (χ0) is 20.8. The first-order valence-corrected chi connectivity index (χ1v) is 8.72. The monoisotopic (exact) mass is 393 g/mol. The number of nitrogens with zero attached hydrogens (tertiary/aromatic N) is 3. The molecule has 0 aliphatic carbocycles. The maximum Gasteiger partial charge on any atom is 0.342 e. The van der Waals surface area contributed by atoms with Gasteiger partial charge >= 0.3 is 11.8 Å². The first-order valence-electron chi connectivity index (χ1n) is 8.72. The molecule has 0 bridgehead atoms. The number of carbonyl (C=O) groups excluding carboxylic acids is 1. The van der Waals surface area contributed by atoms with E-state index in [1.165, 1.54) is 17.9 Å². The van der Waals surface area contributed by atoms with Gasteiger partial charge in [-0.15, -0.1) is 0 Å². The first-order chi connectivity index (χ1) is 14.0. The molecule has 3 aromatic rings. The summed E-state index contributed by atoms with van der Waals surface area (Å²) in [6.45, 7) is 0.369. The summed E-state index contributed by atoms with van der Waals surface area (Å²) >= 11 is 0. The molecule has 148 valence electrons. The SMILES string of the molecule is COC(=O)c1ccc(COc2ccc(/C=C/c3ncc([N+](=O)[O-])n3C)cc2)cc1. The number of ether oxygens (including phenoxy) is 2. The van der Waals surface area contributed by atoms with Crippen LogP contribution in [-0.2, 0) is 18.4 Å². The highest BCUT2D eigenvalue weighted by molar-refractivity contribution is 5.89. The fourth-order valence-electron chi connectivity index (χ4n) is 2.61. The van der Waals surface area contributed by atoms with E-state index in [9.17, 15) is 14.9 Å². The number of hydrogen-bond donors (Lipinski definition) is 0. The second kappa shape index (κ2) is 8.83. The summed E-state index contributed by atoms with van der Waals surface area (Å²) in [4.78, 5) is 25.9. The third-order valence-electron chi connectivity index (χ3n) is 4.27. The van der Waals surface area contributed by atoms with Crippen molar-refractivity contribution in [2.45, 2.75) is 6.61 Å². The minimum absolute atomic E-state index is 0.0620. The predicted molar refractivity (Wildman–Crippen MR) is 107 cm³/mol. The van der Waals surface area contributed by atoms with Crippen molar-refractivity contribution < 1.29 is 19.2 Å². The molecule has 0 amide bonds. The predicted octanol–water partition coefficient (Wildman–Crippen LogP) is 3.86. The lowest BCUT2D eigenvalue weighted by molar-refractivity contribution is -0.391. The summed E-state index contributed by atoms with van der Waals surface area (Å²) < 4.78 is 11.8. The number of esters is 1.